The molecule has 1 aromatic carbocycles. The van der Waals surface area contributed by atoms with Gasteiger partial charge in [0, 0.05) is 0 Å². The maximum absolute atomic E-state index is 12.6. The smallest absolute Gasteiger partial charge is 0.294 e. The summed E-state index contributed by atoms with van der Waals surface area (Å²) in [6.45, 7) is 6.21. The summed E-state index contributed by atoms with van der Waals surface area (Å²) >= 11 is 0. The summed E-state index contributed by atoms with van der Waals surface area (Å²) in [5.74, 6) is -0.436. The van der Waals surface area contributed by atoms with E-state index in [9.17, 15) is 9.90 Å². The molecule has 0 radical (unpaired) electrons. The number of amides is 1. The summed E-state index contributed by atoms with van der Waals surface area (Å²) in [7, 11) is 0. The fourth-order valence-corrected chi connectivity index (χ4v) is 2.65. The van der Waals surface area contributed by atoms with Gasteiger partial charge < -0.3 is 15.7 Å². The number of hydrogen-bond acceptors (Lipinski definition) is 9. The normalized spacial score (nSPS) is 11.4. The average Bonchev–Trinajstić information content (AvgIpc) is 3.33. The number of nitrogens with zero attached hydrogens (tertiary/aromatic N) is 6. The number of nitrogens with one attached hydrogen (secondary N) is 2. The topological polar surface area (TPSA) is 165 Å². The highest BCUT2D eigenvalue weighted by Gasteiger charge is 2.26. The number of hydrogen-bond donors (Lipinski definition) is 3. The van der Waals surface area contributed by atoms with Gasteiger partial charge in [-0.2, -0.15) is 9.78 Å². The largest absolute Gasteiger partial charge is 0.872 e. The van der Waals surface area contributed by atoms with Crippen LogP contribution in [0.1, 0.15) is 35.6 Å². The van der Waals surface area contributed by atoms with E-state index < -0.39 is 5.91 Å². The van der Waals surface area contributed by atoms with Gasteiger partial charge in [0.25, 0.3) is 5.91 Å². The number of carbonyl (C=O) groups excluding carboxylic acids is 1. The number of quaternary nitrogens is 1. The number of nitrogens with two attached hydrogens (primary N) is 1. The summed E-state index contributed by atoms with van der Waals surface area (Å²) in [5, 5.41) is 30.3. The van der Waals surface area contributed by atoms with Crippen molar-refractivity contribution in [2.45, 2.75) is 20.4 Å². The molecule has 12 nitrogen and oxygen atoms in total. The van der Waals surface area contributed by atoms with Crippen molar-refractivity contribution in [2.75, 3.05) is 18.8 Å². The molecule has 3 rings (SSSR count). The van der Waals surface area contributed by atoms with Crippen molar-refractivity contribution in [3.63, 3.8) is 0 Å². The van der Waals surface area contributed by atoms with Crippen LogP contribution in [0.5, 0.6) is 5.75 Å². The Kier molecular flexibility index (Phi) is 6.14. The molecule has 0 aliphatic carbocycles. The number of nitrogen functional groups attached to an aromatic ring is 1. The Balaban J connectivity index is 1.85. The van der Waals surface area contributed by atoms with Crippen molar-refractivity contribution in [1.82, 2.24) is 30.7 Å². The molecule has 4 N–H and O–H groups in total. The van der Waals surface area contributed by atoms with Gasteiger partial charge in [-0.05, 0) is 29.7 Å². The number of carbonyl (C=O) groups is 1. The second-order valence-electron chi connectivity index (χ2n) is 6.17. The molecule has 0 saturated carbocycles. The molecule has 0 atom stereocenters. The minimum absolute atomic E-state index is 0.0393. The second-order valence-corrected chi connectivity index (χ2v) is 6.17. The van der Waals surface area contributed by atoms with E-state index >= 15 is 0 Å². The van der Waals surface area contributed by atoms with Crippen LogP contribution in [0, 0.1) is 0 Å². The molecular weight excluding hydrogens is 378 g/mol. The van der Waals surface area contributed by atoms with E-state index in [0.29, 0.717) is 17.8 Å². The quantitative estimate of drug-likeness (QED) is 0.304. The zero-order chi connectivity index (χ0) is 20.8. The molecule has 152 valence electrons. The summed E-state index contributed by atoms with van der Waals surface area (Å²) in [5.41, 5.74) is 9.46. The van der Waals surface area contributed by atoms with Crippen LogP contribution in [-0.4, -0.2) is 50.5 Å². The molecule has 2 heterocycles. The van der Waals surface area contributed by atoms with Crippen LogP contribution in [0.15, 0.2) is 34.0 Å². The van der Waals surface area contributed by atoms with Crippen LogP contribution in [-0.2, 0) is 6.54 Å². The molecule has 0 saturated heterocycles. The highest BCUT2D eigenvalue weighted by atomic mass is 16.6. The predicted octanol–water partition coefficient (Wildman–Crippen LogP) is -1.51. The Morgan fingerprint density at radius 3 is 2.66 bits per heavy atom. The summed E-state index contributed by atoms with van der Waals surface area (Å²) in [6, 6.07) is 6.03. The second kappa shape index (κ2) is 8.93. The molecule has 0 aliphatic rings. The lowest BCUT2D eigenvalue weighted by Crippen LogP contribution is -3.10. The highest BCUT2D eigenvalue weighted by Crippen LogP contribution is 2.15. The lowest BCUT2D eigenvalue weighted by molar-refractivity contribution is -0.910. The molecule has 0 aliphatic heterocycles. The monoisotopic (exact) mass is 399 g/mol. The number of benzene rings is 1. The molecular formula is C17H21N9O3. The molecule has 0 fully saturated rings. The third-order valence-electron chi connectivity index (χ3n) is 4.35. The molecule has 29 heavy (non-hydrogen) atoms. The lowest BCUT2D eigenvalue weighted by atomic mass is 10.2. The van der Waals surface area contributed by atoms with Crippen LogP contribution in [0.25, 0.3) is 5.82 Å². The van der Waals surface area contributed by atoms with Gasteiger partial charge in [-0.3, -0.25) is 4.79 Å². The maximum Gasteiger partial charge on any atom is 0.294 e. The SMILES string of the molecule is CC[NH+](CC)Cc1c(C(=O)N/N=C/c2ccc([O-])cc2)nnn1-c1nonc1N. The van der Waals surface area contributed by atoms with E-state index in [2.05, 4.69) is 35.8 Å². The summed E-state index contributed by atoms with van der Waals surface area (Å²) in [4.78, 5) is 13.8. The first-order valence-corrected chi connectivity index (χ1v) is 9.00. The summed E-state index contributed by atoms with van der Waals surface area (Å²) < 4.78 is 5.99. The van der Waals surface area contributed by atoms with Gasteiger partial charge in [-0.25, -0.2) is 10.1 Å². The Bertz CT molecular complexity index is 990. The molecule has 0 unspecified atom stereocenters. The Morgan fingerprint density at radius 2 is 2.03 bits per heavy atom. The van der Waals surface area contributed by atoms with E-state index in [1.807, 2.05) is 13.8 Å². The van der Waals surface area contributed by atoms with Crippen LogP contribution < -0.4 is 21.2 Å². The van der Waals surface area contributed by atoms with E-state index in [1.165, 1.54) is 27.9 Å². The Hall–Kier alpha value is -3.80. The minimum atomic E-state index is -0.537. The standard InChI is InChI=1S/C17H21N9O3/c1-3-25(4-2)10-13-14(20-24-26(13)16-15(18)22-29-23-16)17(28)21-19-9-11-5-7-12(27)8-6-11/h5-9,27H,3-4,10H2,1-2H3,(H2,18,22)(H,21,28)/b19-9+. The van der Waals surface area contributed by atoms with E-state index in [0.717, 1.165) is 13.1 Å². The number of rotatable bonds is 8. The van der Waals surface area contributed by atoms with Crippen LogP contribution in [0.2, 0.25) is 0 Å². The zero-order valence-electron chi connectivity index (χ0n) is 16.0. The van der Waals surface area contributed by atoms with Crippen LogP contribution in [0.4, 0.5) is 5.82 Å². The Morgan fingerprint density at radius 1 is 1.31 bits per heavy atom. The van der Waals surface area contributed by atoms with Crippen molar-refractivity contribution in [3.05, 3.63) is 41.2 Å². The number of aromatic nitrogens is 5. The fraction of sp³-hybridized carbons (Fsp3) is 0.294. The fourth-order valence-electron chi connectivity index (χ4n) is 2.65. The van der Waals surface area contributed by atoms with Crippen molar-refractivity contribution < 1.29 is 19.4 Å². The van der Waals surface area contributed by atoms with Crippen molar-refractivity contribution in [1.29, 1.82) is 0 Å². The lowest BCUT2D eigenvalue weighted by Gasteiger charge is -2.15. The van der Waals surface area contributed by atoms with Gasteiger partial charge in [-0.15, -0.1) is 10.8 Å². The van der Waals surface area contributed by atoms with Gasteiger partial charge in [-0.1, -0.05) is 29.5 Å². The molecule has 0 spiro atoms. The molecule has 0 bridgehead atoms. The minimum Gasteiger partial charge on any atom is -0.872 e. The van der Waals surface area contributed by atoms with Gasteiger partial charge in [0.15, 0.2) is 5.69 Å². The number of hydrazone groups is 1. The van der Waals surface area contributed by atoms with Crippen LogP contribution >= 0.6 is 0 Å². The predicted molar refractivity (Wildman–Crippen MR) is 100 cm³/mol. The third kappa shape index (κ3) is 4.55. The van der Waals surface area contributed by atoms with Crippen molar-refractivity contribution >= 4 is 17.9 Å². The van der Waals surface area contributed by atoms with Gasteiger partial charge in [0.1, 0.15) is 12.2 Å². The van der Waals surface area contributed by atoms with Gasteiger partial charge in [0.2, 0.25) is 11.6 Å². The average molecular weight is 399 g/mol. The first-order valence-electron chi connectivity index (χ1n) is 9.00. The van der Waals surface area contributed by atoms with Gasteiger partial charge in [0.05, 0.1) is 19.3 Å². The van der Waals surface area contributed by atoms with Gasteiger partial charge >= 0.3 is 0 Å². The third-order valence-corrected chi connectivity index (χ3v) is 4.35. The van der Waals surface area contributed by atoms with Crippen LogP contribution in [0.3, 0.4) is 0 Å². The Labute approximate surface area is 166 Å². The molecule has 3 aromatic rings. The zero-order valence-corrected chi connectivity index (χ0v) is 16.0. The summed E-state index contributed by atoms with van der Waals surface area (Å²) in [6.07, 6.45) is 1.43. The molecule has 2 aromatic heterocycles. The maximum atomic E-state index is 12.6. The number of anilines is 1. The van der Waals surface area contributed by atoms with E-state index in [4.69, 9.17) is 5.73 Å². The van der Waals surface area contributed by atoms with E-state index in [-0.39, 0.29) is 23.1 Å². The molecule has 1 amide bonds. The molecule has 12 heteroatoms. The van der Waals surface area contributed by atoms with Crippen molar-refractivity contribution in [2.24, 2.45) is 5.10 Å². The highest BCUT2D eigenvalue weighted by molar-refractivity contribution is 5.94. The first-order chi connectivity index (χ1) is 14.0. The first kappa shape index (κ1) is 19.9. The van der Waals surface area contributed by atoms with E-state index in [1.54, 1.807) is 12.1 Å². The van der Waals surface area contributed by atoms with Crippen molar-refractivity contribution in [3.8, 4) is 11.6 Å².